The summed E-state index contributed by atoms with van der Waals surface area (Å²) in [5, 5.41) is 17.4. The Balaban J connectivity index is 0.000000861. The van der Waals surface area contributed by atoms with Gasteiger partial charge in [0.05, 0.1) is 19.8 Å². The maximum Gasteiger partial charge on any atom is 0.335 e. The fourth-order valence-electron chi connectivity index (χ4n) is 1.59. The molecule has 2 N–H and O–H groups in total. The molecule has 6 nitrogen and oxygen atoms in total. The van der Waals surface area contributed by atoms with E-state index in [1.54, 1.807) is 12.1 Å². The third-order valence-corrected chi connectivity index (χ3v) is 2.42. The van der Waals surface area contributed by atoms with Gasteiger partial charge in [-0.1, -0.05) is 6.07 Å². The summed E-state index contributed by atoms with van der Waals surface area (Å²) in [5.41, 5.74) is 0.197. The highest BCUT2D eigenvalue weighted by Gasteiger charge is 2.10. The molecule has 6 heteroatoms. The maximum absolute atomic E-state index is 10.9. The van der Waals surface area contributed by atoms with E-state index in [0.29, 0.717) is 17.1 Å². The van der Waals surface area contributed by atoms with E-state index in [1.165, 1.54) is 26.4 Å². The van der Waals surface area contributed by atoms with Gasteiger partial charge >= 0.3 is 5.97 Å². The molecule has 0 fully saturated rings. The lowest BCUT2D eigenvalue weighted by atomic mass is 10.1. The van der Waals surface area contributed by atoms with E-state index >= 15 is 0 Å². The number of rotatable bonds is 3. The van der Waals surface area contributed by atoms with Crippen LogP contribution in [0.3, 0.4) is 0 Å². The quantitative estimate of drug-likeness (QED) is 0.875. The molecular formula is C13H15NO5. The minimum Gasteiger partial charge on any atom is -0.481 e. The van der Waals surface area contributed by atoms with E-state index in [-0.39, 0.29) is 5.56 Å². The number of methoxy groups -OCH3 is 2. The SMILES string of the molecule is CO.COc1cc2ccc(C(=O)O)cc2c(OC)n1. The number of hydrogen-bond donors (Lipinski definition) is 2. The van der Waals surface area contributed by atoms with Crippen molar-refractivity contribution in [2.75, 3.05) is 21.3 Å². The highest BCUT2D eigenvalue weighted by molar-refractivity contribution is 5.96. The predicted molar refractivity (Wildman–Crippen MR) is 69.9 cm³/mol. The van der Waals surface area contributed by atoms with Crippen molar-refractivity contribution in [2.24, 2.45) is 0 Å². The second-order valence-corrected chi connectivity index (χ2v) is 3.41. The lowest BCUT2D eigenvalue weighted by molar-refractivity contribution is 0.0697. The van der Waals surface area contributed by atoms with Crippen molar-refractivity contribution in [1.29, 1.82) is 0 Å². The van der Waals surface area contributed by atoms with Crippen LogP contribution in [0.4, 0.5) is 0 Å². The first kappa shape index (κ1) is 14.7. The highest BCUT2D eigenvalue weighted by atomic mass is 16.5. The number of aliphatic hydroxyl groups excluding tert-OH is 1. The van der Waals surface area contributed by atoms with E-state index in [1.807, 2.05) is 0 Å². The Kier molecular flexibility index (Phi) is 5.08. The monoisotopic (exact) mass is 265 g/mol. The maximum atomic E-state index is 10.9. The van der Waals surface area contributed by atoms with Crippen molar-refractivity contribution in [3.8, 4) is 11.8 Å². The van der Waals surface area contributed by atoms with Gasteiger partial charge in [-0.3, -0.25) is 0 Å². The Morgan fingerprint density at radius 2 is 1.84 bits per heavy atom. The van der Waals surface area contributed by atoms with Gasteiger partial charge in [0.25, 0.3) is 0 Å². The summed E-state index contributed by atoms with van der Waals surface area (Å²) >= 11 is 0. The molecule has 0 saturated heterocycles. The Hall–Kier alpha value is -2.34. The molecule has 19 heavy (non-hydrogen) atoms. The van der Waals surface area contributed by atoms with Crippen molar-refractivity contribution >= 4 is 16.7 Å². The van der Waals surface area contributed by atoms with Gasteiger partial charge in [-0.2, -0.15) is 4.98 Å². The molecule has 102 valence electrons. The van der Waals surface area contributed by atoms with Gasteiger partial charge in [-0.25, -0.2) is 4.79 Å². The molecule has 0 spiro atoms. The zero-order chi connectivity index (χ0) is 14.4. The molecular weight excluding hydrogens is 250 g/mol. The van der Waals surface area contributed by atoms with Crippen LogP contribution in [0.25, 0.3) is 10.8 Å². The zero-order valence-electron chi connectivity index (χ0n) is 10.9. The average Bonchev–Trinajstić information content (AvgIpc) is 2.47. The minimum atomic E-state index is -0.982. The van der Waals surface area contributed by atoms with Crippen molar-refractivity contribution in [1.82, 2.24) is 4.98 Å². The molecule has 2 aromatic rings. The van der Waals surface area contributed by atoms with Crippen LogP contribution in [0.15, 0.2) is 24.3 Å². The normalized spacial score (nSPS) is 9.47. The Morgan fingerprint density at radius 1 is 1.16 bits per heavy atom. The fourth-order valence-corrected chi connectivity index (χ4v) is 1.59. The molecule has 0 aliphatic heterocycles. The first-order chi connectivity index (χ1) is 9.15. The number of aliphatic hydroxyl groups is 1. The van der Waals surface area contributed by atoms with Gasteiger partial charge in [0, 0.05) is 18.6 Å². The number of carboxylic acids is 1. The molecule has 0 atom stereocenters. The van der Waals surface area contributed by atoms with Gasteiger partial charge in [0.2, 0.25) is 11.8 Å². The van der Waals surface area contributed by atoms with E-state index in [4.69, 9.17) is 19.7 Å². The van der Waals surface area contributed by atoms with Gasteiger partial charge in [0.1, 0.15) is 0 Å². The molecule has 2 rings (SSSR count). The molecule has 1 aromatic heterocycles. The first-order valence-corrected chi connectivity index (χ1v) is 5.36. The summed E-state index contributed by atoms with van der Waals surface area (Å²) in [7, 11) is 3.99. The van der Waals surface area contributed by atoms with Crippen LogP contribution >= 0.6 is 0 Å². The van der Waals surface area contributed by atoms with E-state index < -0.39 is 5.97 Å². The van der Waals surface area contributed by atoms with Crippen LogP contribution in [0.1, 0.15) is 10.4 Å². The third kappa shape index (κ3) is 3.11. The smallest absolute Gasteiger partial charge is 0.335 e. The van der Waals surface area contributed by atoms with Gasteiger partial charge < -0.3 is 19.7 Å². The number of ether oxygens (including phenoxy) is 2. The molecule has 1 aromatic carbocycles. The van der Waals surface area contributed by atoms with Crippen molar-refractivity contribution in [3.05, 3.63) is 29.8 Å². The van der Waals surface area contributed by atoms with E-state index in [0.717, 1.165) is 12.5 Å². The molecule has 0 amide bonds. The number of nitrogens with zero attached hydrogens (tertiary/aromatic N) is 1. The number of carbonyl (C=O) groups is 1. The molecule has 0 saturated carbocycles. The number of carboxylic acid groups (broad SMARTS) is 1. The summed E-state index contributed by atoms with van der Waals surface area (Å²) < 4.78 is 10.2. The van der Waals surface area contributed by atoms with E-state index in [2.05, 4.69) is 4.98 Å². The summed E-state index contributed by atoms with van der Waals surface area (Å²) in [6.07, 6.45) is 0. The summed E-state index contributed by atoms with van der Waals surface area (Å²) in [5.74, 6) is -0.204. The standard InChI is InChI=1S/C12H11NO4.CH4O/c1-16-10-6-7-3-4-8(12(14)15)5-9(7)11(13-10)17-2;1-2/h3-6H,1-2H3,(H,14,15);2H,1H3. The Bertz CT molecular complexity index is 583. The van der Waals surface area contributed by atoms with Gasteiger partial charge in [-0.15, -0.1) is 0 Å². The van der Waals surface area contributed by atoms with Crippen LogP contribution in [0, 0.1) is 0 Å². The number of pyridine rings is 1. The molecule has 0 radical (unpaired) electrons. The Morgan fingerprint density at radius 3 is 2.37 bits per heavy atom. The zero-order valence-corrected chi connectivity index (χ0v) is 10.9. The number of hydrogen-bond acceptors (Lipinski definition) is 5. The third-order valence-electron chi connectivity index (χ3n) is 2.42. The van der Waals surface area contributed by atoms with E-state index in [9.17, 15) is 4.79 Å². The van der Waals surface area contributed by atoms with Gasteiger partial charge in [0.15, 0.2) is 0 Å². The second-order valence-electron chi connectivity index (χ2n) is 3.41. The van der Waals surface area contributed by atoms with Crippen molar-refractivity contribution < 1.29 is 24.5 Å². The number of fused-ring (bicyclic) bond motifs is 1. The number of benzene rings is 1. The van der Waals surface area contributed by atoms with Crippen LogP contribution in [0.5, 0.6) is 11.8 Å². The molecule has 0 bridgehead atoms. The van der Waals surface area contributed by atoms with Crippen LogP contribution in [0.2, 0.25) is 0 Å². The molecule has 1 heterocycles. The van der Waals surface area contributed by atoms with Crippen LogP contribution < -0.4 is 9.47 Å². The van der Waals surface area contributed by atoms with Crippen molar-refractivity contribution in [2.45, 2.75) is 0 Å². The topological polar surface area (TPSA) is 88.9 Å². The molecule has 0 aliphatic rings. The second kappa shape index (κ2) is 6.55. The fraction of sp³-hybridized carbons (Fsp3) is 0.231. The Labute approximate surface area is 110 Å². The van der Waals surface area contributed by atoms with Crippen LogP contribution in [-0.4, -0.2) is 42.5 Å². The van der Waals surface area contributed by atoms with Crippen LogP contribution in [-0.2, 0) is 0 Å². The number of aromatic carboxylic acids is 1. The first-order valence-electron chi connectivity index (χ1n) is 5.36. The van der Waals surface area contributed by atoms with Crippen molar-refractivity contribution in [3.63, 3.8) is 0 Å². The molecule has 0 aliphatic carbocycles. The molecule has 0 unspecified atom stereocenters. The lowest BCUT2D eigenvalue weighted by Crippen LogP contribution is -1.98. The summed E-state index contributed by atoms with van der Waals surface area (Å²) in [6, 6.07) is 6.49. The lowest BCUT2D eigenvalue weighted by Gasteiger charge is -2.07. The largest absolute Gasteiger partial charge is 0.481 e. The summed E-state index contributed by atoms with van der Waals surface area (Å²) in [4.78, 5) is 15.0. The number of aromatic nitrogens is 1. The summed E-state index contributed by atoms with van der Waals surface area (Å²) in [6.45, 7) is 0. The van der Waals surface area contributed by atoms with Gasteiger partial charge in [-0.05, 0) is 17.5 Å². The minimum absolute atomic E-state index is 0.197. The predicted octanol–water partition coefficient (Wildman–Crippen LogP) is 1.56. The average molecular weight is 265 g/mol. The highest BCUT2D eigenvalue weighted by Crippen LogP contribution is 2.28.